The number of ether oxygens (including phenoxy) is 1. The van der Waals surface area contributed by atoms with Crippen LogP contribution in [0.15, 0.2) is 47.4 Å². The quantitative estimate of drug-likeness (QED) is 0.741. The van der Waals surface area contributed by atoms with Crippen LogP contribution in [0, 0.1) is 13.8 Å². The van der Waals surface area contributed by atoms with E-state index in [9.17, 15) is 0 Å². The Labute approximate surface area is 113 Å². The molecule has 18 heavy (non-hydrogen) atoms. The third-order valence-corrected chi connectivity index (χ3v) is 3.79. The first kappa shape index (κ1) is 13.0. The van der Waals surface area contributed by atoms with E-state index in [1.54, 1.807) is 11.8 Å². The first-order valence-corrected chi connectivity index (χ1v) is 7.24. The highest BCUT2D eigenvalue weighted by atomic mass is 32.2. The fraction of sp³-hybridized carbons (Fsp3) is 0.250. The molecule has 94 valence electrons. The van der Waals surface area contributed by atoms with Gasteiger partial charge in [0.1, 0.15) is 12.4 Å². The zero-order chi connectivity index (χ0) is 13.0. The summed E-state index contributed by atoms with van der Waals surface area (Å²) >= 11 is 1.76. The van der Waals surface area contributed by atoms with Crippen LogP contribution < -0.4 is 4.74 Å². The lowest BCUT2D eigenvalue weighted by Crippen LogP contribution is -1.95. The molecule has 0 spiro atoms. The van der Waals surface area contributed by atoms with Crippen LogP contribution in [0.2, 0.25) is 0 Å². The first-order valence-electron chi connectivity index (χ1n) is 6.02. The largest absolute Gasteiger partial charge is 0.489 e. The van der Waals surface area contributed by atoms with Crippen molar-refractivity contribution < 1.29 is 4.74 Å². The van der Waals surface area contributed by atoms with Gasteiger partial charge >= 0.3 is 0 Å². The van der Waals surface area contributed by atoms with Crippen molar-refractivity contribution in [1.29, 1.82) is 0 Å². The van der Waals surface area contributed by atoms with Gasteiger partial charge in [-0.05, 0) is 49.4 Å². The van der Waals surface area contributed by atoms with Gasteiger partial charge in [0.15, 0.2) is 0 Å². The van der Waals surface area contributed by atoms with Gasteiger partial charge in [-0.2, -0.15) is 0 Å². The monoisotopic (exact) mass is 258 g/mol. The molecule has 0 aromatic heterocycles. The van der Waals surface area contributed by atoms with Crippen molar-refractivity contribution in [2.75, 3.05) is 6.26 Å². The summed E-state index contributed by atoms with van der Waals surface area (Å²) in [6.07, 6.45) is 2.09. The molecule has 2 aromatic carbocycles. The highest BCUT2D eigenvalue weighted by molar-refractivity contribution is 7.98. The van der Waals surface area contributed by atoms with Crippen molar-refractivity contribution in [2.24, 2.45) is 0 Å². The number of benzene rings is 2. The third-order valence-electron chi connectivity index (χ3n) is 2.89. The molecule has 0 amide bonds. The summed E-state index contributed by atoms with van der Waals surface area (Å²) < 4.78 is 5.80. The molecule has 2 aromatic rings. The van der Waals surface area contributed by atoms with Crippen LogP contribution in [0.25, 0.3) is 0 Å². The molecule has 2 heteroatoms. The average Bonchev–Trinajstić information content (AvgIpc) is 2.38. The van der Waals surface area contributed by atoms with E-state index >= 15 is 0 Å². The number of thioether (sulfide) groups is 1. The SMILES string of the molecule is CSc1ccc(OCc2ccc(C)cc2)cc1C. The lowest BCUT2D eigenvalue weighted by atomic mass is 10.2. The highest BCUT2D eigenvalue weighted by Gasteiger charge is 2.00. The van der Waals surface area contributed by atoms with E-state index < -0.39 is 0 Å². The van der Waals surface area contributed by atoms with Gasteiger partial charge < -0.3 is 4.74 Å². The summed E-state index contributed by atoms with van der Waals surface area (Å²) in [6.45, 7) is 4.83. The minimum Gasteiger partial charge on any atom is -0.489 e. The van der Waals surface area contributed by atoms with E-state index in [0.717, 1.165) is 5.75 Å². The van der Waals surface area contributed by atoms with E-state index in [1.165, 1.54) is 21.6 Å². The van der Waals surface area contributed by atoms with Crippen LogP contribution in [-0.2, 0) is 6.61 Å². The van der Waals surface area contributed by atoms with Crippen molar-refractivity contribution >= 4 is 11.8 Å². The lowest BCUT2D eigenvalue weighted by molar-refractivity contribution is 0.306. The molecular formula is C16H18OS. The molecule has 0 saturated heterocycles. The van der Waals surface area contributed by atoms with Gasteiger partial charge in [0.2, 0.25) is 0 Å². The zero-order valence-corrected chi connectivity index (χ0v) is 11.9. The standard InChI is InChI=1S/C16H18OS/c1-12-4-6-14(7-5-12)11-17-15-8-9-16(18-3)13(2)10-15/h4-10H,11H2,1-3H3. The van der Waals surface area contributed by atoms with Gasteiger partial charge in [0.05, 0.1) is 0 Å². The summed E-state index contributed by atoms with van der Waals surface area (Å²) in [4.78, 5) is 1.30. The van der Waals surface area contributed by atoms with E-state index in [0.29, 0.717) is 6.61 Å². The van der Waals surface area contributed by atoms with Gasteiger partial charge in [0, 0.05) is 4.90 Å². The molecular weight excluding hydrogens is 240 g/mol. The van der Waals surface area contributed by atoms with Crippen LogP contribution in [0.3, 0.4) is 0 Å². The van der Waals surface area contributed by atoms with Crippen molar-refractivity contribution in [2.45, 2.75) is 25.3 Å². The molecule has 0 saturated carbocycles. The van der Waals surface area contributed by atoms with Crippen molar-refractivity contribution in [3.05, 3.63) is 59.2 Å². The molecule has 0 unspecified atom stereocenters. The van der Waals surface area contributed by atoms with Crippen molar-refractivity contribution in [3.63, 3.8) is 0 Å². The topological polar surface area (TPSA) is 9.23 Å². The summed E-state index contributed by atoms with van der Waals surface area (Å²) in [5.41, 5.74) is 3.75. The van der Waals surface area contributed by atoms with E-state index in [2.05, 4.69) is 56.5 Å². The molecule has 0 aliphatic carbocycles. The Morgan fingerprint density at radius 3 is 2.33 bits per heavy atom. The fourth-order valence-corrected chi connectivity index (χ4v) is 2.38. The van der Waals surface area contributed by atoms with Crippen LogP contribution in [0.1, 0.15) is 16.7 Å². The summed E-state index contributed by atoms with van der Waals surface area (Å²) in [6, 6.07) is 14.7. The molecule has 0 atom stereocenters. The number of rotatable bonds is 4. The minimum absolute atomic E-state index is 0.623. The third kappa shape index (κ3) is 3.30. The predicted molar refractivity (Wildman–Crippen MR) is 78.5 cm³/mol. The lowest BCUT2D eigenvalue weighted by Gasteiger charge is -2.09. The maximum Gasteiger partial charge on any atom is 0.120 e. The summed E-state index contributed by atoms with van der Waals surface area (Å²) in [5, 5.41) is 0. The molecule has 0 bridgehead atoms. The summed E-state index contributed by atoms with van der Waals surface area (Å²) in [5.74, 6) is 0.936. The van der Waals surface area contributed by atoms with Crippen LogP contribution in [0.4, 0.5) is 0 Å². The Hall–Kier alpha value is -1.41. The number of hydrogen-bond acceptors (Lipinski definition) is 2. The van der Waals surface area contributed by atoms with Gasteiger partial charge in [-0.3, -0.25) is 0 Å². The Morgan fingerprint density at radius 1 is 1.00 bits per heavy atom. The Kier molecular flexibility index (Phi) is 4.32. The highest BCUT2D eigenvalue weighted by Crippen LogP contribution is 2.24. The van der Waals surface area contributed by atoms with E-state index in [1.807, 2.05) is 6.07 Å². The van der Waals surface area contributed by atoms with E-state index in [4.69, 9.17) is 4.74 Å². The fourth-order valence-electron chi connectivity index (χ4n) is 1.79. The molecule has 0 aliphatic rings. The predicted octanol–water partition coefficient (Wildman–Crippen LogP) is 4.60. The normalized spacial score (nSPS) is 10.4. The molecule has 0 N–H and O–H groups in total. The molecule has 0 aliphatic heterocycles. The molecule has 0 fully saturated rings. The zero-order valence-electron chi connectivity index (χ0n) is 11.1. The Balaban J connectivity index is 2.02. The van der Waals surface area contributed by atoms with Gasteiger partial charge in [-0.25, -0.2) is 0 Å². The number of aryl methyl sites for hydroxylation is 2. The Morgan fingerprint density at radius 2 is 1.72 bits per heavy atom. The van der Waals surface area contributed by atoms with Crippen LogP contribution in [-0.4, -0.2) is 6.26 Å². The minimum atomic E-state index is 0.623. The van der Waals surface area contributed by atoms with Crippen molar-refractivity contribution in [3.8, 4) is 5.75 Å². The summed E-state index contributed by atoms with van der Waals surface area (Å²) in [7, 11) is 0. The first-order chi connectivity index (χ1) is 8.69. The Bertz CT molecular complexity index is 517. The molecule has 1 nitrogen and oxygen atoms in total. The average molecular weight is 258 g/mol. The maximum atomic E-state index is 5.80. The van der Waals surface area contributed by atoms with Gasteiger partial charge in [-0.1, -0.05) is 29.8 Å². The second-order valence-corrected chi connectivity index (χ2v) is 5.25. The van der Waals surface area contributed by atoms with Gasteiger partial charge in [-0.15, -0.1) is 11.8 Å². The smallest absolute Gasteiger partial charge is 0.120 e. The van der Waals surface area contributed by atoms with E-state index in [-0.39, 0.29) is 0 Å². The second-order valence-electron chi connectivity index (χ2n) is 4.41. The molecule has 2 rings (SSSR count). The second kappa shape index (κ2) is 5.96. The van der Waals surface area contributed by atoms with Gasteiger partial charge in [0.25, 0.3) is 0 Å². The maximum absolute atomic E-state index is 5.80. The van der Waals surface area contributed by atoms with Crippen LogP contribution >= 0.6 is 11.8 Å². The molecule has 0 heterocycles. The number of hydrogen-bond donors (Lipinski definition) is 0. The molecule has 0 radical (unpaired) electrons. The van der Waals surface area contributed by atoms with Crippen LogP contribution in [0.5, 0.6) is 5.75 Å². The van der Waals surface area contributed by atoms with Crippen molar-refractivity contribution in [1.82, 2.24) is 0 Å².